The molecule has 1 N–H and O–H groups in total. The average molecular weight is 719 g/mol. The van der Waals surface area contributed by atoms with Crippen LogP contribution < -0.4 is 4.74 Å². The highest BCUT2D eigenvalue weighted by atomic mass is 32.2. The number of hydrogen-bond acceptors (Lipinski definition) is 7. The number of hydrogen-bond donors (Lipinski definition) is 1. The quantitative estimate of drug-likeness (QED) is 0.183. The number of fused-ring (bicyclic) bond motifs is 8. The van der Waals surface area contributed by atoms with Crippen molar-refractivity contribution in [3.63, 3.8) is 0 Å². The normalized spacial score (nSPS) is 19.0. The molecule has 4 bridgehead atoms. The van der Waals surface area contributed by atoms with Gasteiger partial charge in [-0.1, -0.05) is 44.5 Å². The van der Waals surface area contributed by atoms with Gasteiger partial charge in [-0.25, -0.2) is 26.9 Å². The van der Waals surface area contributed by atoms with Gasteiger partial charge in [0, 0.05) is 42.2 Å². The lowest BCUT2D eigenvalue weighted by molar-refractivity contribution is -0.143. The molecule has 3 heterocycles. The van der Waals surface area contributed by atoms with E-state index in [1.807, 2.05) is 45.0 Å². The highest BCUT2D eigenvalue weighted by Crippen LogP contribution is 2.41. The molecular formula is C39H44F2N4O5S. The van der Waals surface area contributed by atoms with Gasteiger partial charge in [0.1, 0.15) is 11.6 Å². The monoisotopic (exact) mass is 718 g/mol. The first-order chi connectivity index (χ1) is 24.2. The highest BCUT2D eigenvalue weighted by molar-refractivity contribution is 7.91. The molecular weight excluding hydrogens is 675 g/mol. The summed E-state index contributed by atoms with van der Waals surface area (Å²) in [6, 6.07) is 15.1. The molecule has 0 radical (unpaired) electrons. The Kier molecular flexibility index (Phi) is 10.1. The first kappa shape index (κ1) is 36.2. The van der Waals surface area contributed by atoms with Crippen LogP contribution in [0.1, 0.15) is 75.9 Å². The number of aromatic nitrogens is 4. The van der Waals surface area contributed by atoms with Gasteiger partial charge in [0.05, 0.1) is 29.1 Å². The van der Waals surface area contributed by atoms with Gasteiger partial charge in [-0.15, -0.1) is 0 Å². The second-order valence-electron chi connectivity index (χ2n) is 14.4. The highest BCUT2D eigenvalue weighted by Gasteiger charge is 2.36. The van der Waals surface area contributed by atoms with E-state index in [0.717, 1.165) is 11.1 Å². The van der Waals surface area contributed by atoms with Crippen molar-refractivity contribution in [2.24, 2.45) is 12.5 Å². The smallest absolute Gasteiger partial charge is 0.306 e. The number of H-pyrrole nitrogens is 1. The number of benzene rings is 3. The van der Waals surface area contributed by atoms with Crippen LogP contribution in [-0.2, 0) is 44.7 Å². The van der Waals surface area contributed by atoms with Gasteiger partial charge in [0.2, 0.25) is 0 Å². The third kappa shape index (κ3) is 7.85. The Morgan fingerprint density at radius 2 is 1.86 bits per heavy atom. The lowest BCUT2D eigenvalue weighted by Gasteiger charge is -2.30. The van der Waals surface area contributed by atoms with Crippen LogP contribution in [0.2, 0.25) is 0 Å². The van der Waals surface area contributed by atoms with Crippen molar-refractivity contribution in [1.82, 2.24) is 19.7 Å². The van der Waals surface area contributed by atoms with E-state index < -0.39 is 32.3 Å². The van der Waals surface area contributed by atoms with Crippen LogP contribution in [0.15, 0.2) is 60.8 Å². The lowest BCUT2D eigenvalue weighted by atomic mass is 9.75. The molecule has 2 aromatic heterocycles. The zero-order valence-corrected chi connectivity index (χ0v) is 30.5. The Hall–Kier alpha value is -4.58. The summed E-state index contributed by atoms with van der Waals surface area (Å²) in [4.78, 5) is 20.0. The summed E-state index contributed by atoms with van der Waals surface area (Å²) in [5, 5.41) is 5.48. The Morgan fingerprint density at radius 1 is 1.06 bits per heavy atom. The van der Waals surface area contributed by atoms with Crippen molar-refractivity contribution in [2.75, 3.05) is 18.1 Å². The summed E-state index contributed by atoms with van der Waals surface area (Å²) in [5.41, 5.74) is 1.60. The topological polar surface area (TPSA) is 116 Å². The van der Waals surface area contributed by atoms with E-state index in [1.54, 1.807) is 26.2 Å². The summed E-state index contributed by atoms with van der Waals surface area (Å²) >= 11 is 0. The molecule has 270 valence electrons. The van der Waals surface area contributed by atoms with E-state index in [0.29, 0.717) is 54.6 Å². The SMILES string of the molecule is CCOC(=O)CCc1cccc(C2(C)CCCC(C)(C)CS(=O)(=O)CCc3c(c(F)cc4[nH]ccc34)Oc3ccc(F)c(c3)-c3nc2nn3C)c1. The molecule has 1 atom stereocenters. The van der Waals surface area contributed by atoms with Crippen LogP contribution in [0.3, 0.4) is 0 Å². The first-order valence-corrected chi connectivity index (χ1v) is 19.1. The van der Waals surface area contributed by atoms with Gasteiger partial charge in [0.15, 0.2) is 33.1 Å². The minimum Gasteiger partial charge on any atom is -0.466 e. The van der Waals surface area contributed by atoms with E-state index in [2.05, 4.69) is 4.98 Å². The molecule has 0 saturated carbocycles. The fraction of sp³-hybridized carbons (Fsp3) is 0.410. The van der Waals surface area contributed by atoms with Crippen LogP contribution >= 0.6 is 0 Å². The number of sulfone groups is 1. The minimum absolute atomic E-state index is 0.0329. The van der Waals surface area contributed by atoms with Crippen LogP contribution in [0.5, 0.6) is 11.5 Å². The first-order valence-electron chi connectivity index (χ1n) is 17.3. The average Bonchev–Trinajstić information content (AvgIpc) is 3.70. The molecule has 0 spiro atoms. The Bertz CT molecular complexity index is 2190. The van der Waals surface area contributed by atoms with Crippen molar-refractivity contribution in [2.45, 2.75) is 71.6 Å². The maximum atomic E-state index is 15.7. The standard InChI is InChI=1S/C39H44F2N4O5S/c1-6-49-34(46)14-11-25-9-7-10-26(21-25)39(4)18-8-17-38(2,3)24-51(47,48)20-16-29-28-15-19-42-33(28)23-32(41)35(29)50-27-12-13-31(40)30(22-27)36-43-37(39)44-45(36)5/h7,9-10,12-13,15,19,21-23,42H,6,8,11,14,16-18,20,24H2,1-5H3. The summed E-state index contributed by atoms with van der Waals surface area (Å²) in [5.74, 6) is -0.948. The summed E-state index contributed by atoms with van der Waals surface area (Å²) in [6.45, 7) is 8.03. The molecule has 1 aliphatic rings. The number of rotatable bonds is 5. The maximum absolute atomic E-state index is 15.7. The third-order valence-corrected chi connectivity index (χ3v) is 11.9. The molecule has 1 aliphatic heterocycles. The van der Waals surface area contributed by atoms with Crippen LogP contribution in [0.25, 0.3) is 22.3 Å². The third-order valence-electron chi connectivity index (χ3n) is 9.81. The summed E-state index contributed by atoms with van der Waals surface area (Å²) < 4.78 is 71.4. The van der Waals surface area contributed by atoms with Crippen molar-refractivity contribution in [3.8, 4) is 22.9 Å². The molecule has 12 heteroatoms. The van der Waals surface area contributed by atoms with Gasteiger partial charge in [-0.05, 0) is 80.3 Å². The molecule has 51 heavy (non-hydrogen) atoms. The number of ether oxygens (including phenoxy) is 2. The molecule has 6 rings (SSSR count). The largest absolute Gasteiger partial charge is 0.466 e. The molecule has 0 saturated heterocycles. The van der Waals surface area contributed by atoms with Gasteiger partial charge < -0.3 is 14.5 Å². The molecule has 3 aromatic carbocycles. The second-order valence-corrected chi connectivity index (χ2v) is 16.6. The Labute approximate surface area is 297 Å². The van der Waals surface area contributed by atoms with Crippen molar-refractivity contribution >= 4 is 26.7 Å². The fourth-order valence-electron chi connectivity index (χ4n) is 7.14. The Morgan fingerprint density at radius 3 is 2.65 bits per heavy atom. The fourth-order valence-corrected chi connectivity index (χ4v) is 9.14. The zero-order valence-electron chi connectivity index (χ0n) is 29.7. The van der Waals surface area contributed by atoms with E-state index in [9.17, 15) is 13.2 Å². The summed E-state index contributed by atoms with van der Waals surface area (Å²) in [7, 11) is -1.89. The number of halogens is 2. The molecule has 0 amide bonds. The lowest BCUT2D eigenvalue weighted by Crippen LogP contribution is -2.29. The number of carbonyl (C=O) groups is 1. The van der Waals surface area contributed by atoms with Crippen molar-refractivity contribution in [3.05, 3.63) is 94.9 Å². The minimum atomic E-state index is -3.58. The van der Waals surface area contributed by atoms with Crippen LogP contribution in [0.4, 0.5) is 8.78 Å². The molecule has 1 unspecified atom stereocenters. The van der Waals surface area contributed by atoms with E-state index in [-0.39, 0.29) is 53.2 Å². The van der Waals surface area contributed by atoms with Crippen LogP contribution in [0, 0.1) is 17.0 Å². The van der Waals surface area contributed by atoms with E-state index in [4.69, 9.17) is 19.6 Å². The zero-order chi connectivity index (χ0) is 36.6. The molecule has 0 fully saturated rings. The predicted octanol–water partition coefficient (Wildman–Crippen LogP) is 8.00. The van der Waals surface area contributed by atoms with Gasteiger partial charge in [-0.3, -0.25) is 4.79 Å². The number of aromatic amines is 1. The molecule has 5 aromatic rings. The number of nitrogens with one attached hydrogen (secondary N) is 1. The predicted molar refractivity (Wildman–Crippen MR) is 193 cm³/mol. The van der Waals surface area contributed by atoms with Crippen molar-refractivity contribution in [1.29, 1.82) is 0 Å². The van der Waals surface area contributed by atoms with Crippen LogP contribution in [-0.4, -0.2) is 52.2 Å². The number of aryl methyl sites for hydroxylation is 3. The van der Waals surface area contributed by atoms with Crippen molar-refractivity contribution < 1.29 is 31.5 Å². The van der Waals surface area contributed by atoms with Gasteiger partial charge in [0.25, 0.3) is 0 Å². The van der Waals surface area contributed by atoms with E-state index in [1.165, 1.54) is 28.9 Å². The van der Waals surface area contributed by atoms with E-state index >= 15 is 8.78 Å². The summed E-state index contributed by atoms with van der Waals surface area (Å²) in [6.07, 6.45) is 4.25. The maximum Gasteiger partial charge on any atom is 0.306 e. The molecule has 9 nitrogen and oxygen atoms in total. The Balaban J connectivity index is 1.47. The van der Waals surface area contributed by atoms with Gasteiger partial charge in [-0.2, -0.15) is 5.10 Å². The van der Waals surface area contributed by atoms with Gasteiger partial charge >= 0.3 is 5.97 Å². The number of nitrogens with zero attached hydrogens (tertiary/aromatic N) is 3. The number of carbonyl (C=O) groups excluding carboxylic acids is 1. The second kappa shape index (κ2) is 14.2. The number of esters is 1. The molecule has 0 aliphatic carbocycles.